The minimum Gasteiger partial charge on any atom is -0.369 e. The van der Waals surface area contributed by atoms with Crippen molar-refractivity contribution in [2.75, 3.05) is 13.2 Å². The lowest BCUT2D eigenvalue weighted by Crippen LogP contribution is -2.08. The molecule has 0 aliphatic carbocycles. The fraction of sp³-hybridized carbons (Fsp3) is 0.118. The standard InChI is InChI=1S/C17H15ClO2/c18-16-10-4-9-15(12-16)17(19)13-20-11-5-8-14-6-2-1-3-7-14/h1-10,12H,11,13H2. The fourth-order valence-corrected chi connectivity index (χ4v) is 1.90. The Labute approximate surface area is 123 Å². The van der Waals surface area contributed by atoms with E-state index in [0.717, 1.165) is 5.56 Å². The number of hydrogen-bond donors (Lipinski definition) is 0. The second-order valence-electron chi connectivity index (χ2n) is 4.26. The Kier molecular flexibility index (Phi) is 5.54. The minimum absolute atomic E-state index is 0.0550. The van der Waals surface area contributed by atoms with E-state index >= 15 is 0 Å². The fourth-order valence-electron chi connectivity index (χ4n) is 1.71. The summed E-state index contributed by atoms with van der Waals surface area (Å²) >= 11 is 5.84. The van der Waals surface area contributed by atoms with E-state index in [2.05, 4.69) is 0 Å². The van der Waals surface area contributed by atoms with Crippen LogP contribution >= 0.6 is 11.6 Å². The average molecular weight is 287 g/mol. The van der Waals surface area contributed by atoms with Gasteiger partial charge in [-0.1, -0.05) is 66.2 Å². The molecular weight excluding hydrogens is 272 g/mol. The predicted molar refractivity (Wildman–Crippen MR) is 82.1 cm³/mol. The molecule has 0 atom stereocenters. The molecule has 102 valence electrons. The number of carbonyl (C=O) groups excluding carboxylic acids is 1. The number of rotatable bonds is 6. The molecule has 0 aliphatic heterocycles. The third-order valence-electron chi connectivity index (χ3n) is 2.70. The van der Waals surface area contributed by atoms with Gasteiger partial charge in [0.25, 0.3) is 0 Å². The molecular formula is C17H15ClO2. The SMILES string of the molecule is O=C(COCC=Cc1ccccc1)c1cccc(Cl)c1. The Morgan fingerprint density at radius 1 is 1.10 bits per heavy atom. The number of hydrogen-bond acceptors (Lipinski definition) is 2. The second kappa shape index (κ2) is 7.63. The van der Waals surface area contributed by atoms with Gasteiger partial charge in [0.1, 0.15) is 6.61 Å². The summed E-state index contributed by atoms with van der Waals surface area (Å²) in [6, 6.07) is 16.8. The maximum Gasteiger partial charge on any atom is 0.188 e. The zero-order chi connectivity index (χ0) is 14.2. The van der Waals surface area contributed by atoms with Crippen molar-refractivity contribution < 1.29 is 9.53 Å². The van der Waals surface area contributed by atoms with Crippen molar-refractivity contribution in [1.82, 2.24) is 0 Å². The van der Waals surface area contributed by atoms with Gasteiger partial charge in [0.2, 0.25) is 0 Å². The van der Waals surface area contributed by atoms with Gasteiger partial charge in [-0.3, -0.25) is 4.79 Å². The van der Waals surface area contributed by atoms with Crippen LogP contribution in [0.15, 0.2) is 60.7 Å². The average Bonchev–Trinajstić information content (AvgIpc) is 2.48. The molecule has 0 N–H and O–H groups in total. The first-order chi connectivity index (χ1) is 9.75. The smallest absolute Gasteiger partial charge is 0.188 e. The molecule has 20 heavy (non-hydrogen) atoms. The van der Waals surface area contributed by atoms with Crippen molar-refractivity contribution in [2.24, 2.45) is 0 Å². The molecule has 0 aliphatic rings. The van der Waals surface area contributed by atoms with Gasteiger partial charge in [0.05, 0.1) is 6.61 Å². The number of benzene rings is 2. The lowest BCUT2D eigenvalue weighted by molar-refractivity contribution is 0.0806. The van der Waals surface area contributed by atoms with Gasteiger partial charge in [-0.15, -0.1) is 0 Å². The Balaban J connectivity index is 1.76. The number of halogens is 1. The van der Waals surface area contributed by atoms with Crippen LogP contribution in [-0.2, 0) is 4.74 Å². The van der Waals surface area contributed by atoms with Crippen molar-refractivity contribution in [1.29, 1.82) is 0 Å². The maximum atomic E-state index is 11.8. The first-order valence-electron chi connectivity index (χ1n) is 6.34. The van der Waals surface area contributed by atoms with Crippen LogP contribution in [0.3, 0.4) is 0 Å². The summed E-state index contributed by atoms with van der Waals surface area (Å²) < 4.78 is 5.33. The van der Waals surface area contributed by atoms with Crippen LogP contribution in [0.25, 0.3) is 6.08 Å². The van der Waals surface area contributed by atoms with Crippen molar-refractivity contribution in [3.05, 3.63) is 76.8 Å². The number of ketones is 1. The Hall–Kier alpha value is -1.90. The van der Waals surface area contributed by atoms with Crippen molar-refractivity contribution >= 4 is 23.5 Å². The molecule has 2 rings (SSSR count). The van der Waals surface area contributed by atoms with Crippen molar-refractivity contribution in [3.63, 3.8) is 0 Å². The Morgan fingerprint density at radius 2 is 1.90 bits per heavy atom. The highest BCUT2D eigenvalue weighted by atomic mass is 35.5. The molecule has 0 spiro atoms. The topological polar surface area (TPSA) is 26.3 Å². The molecule has 0 unspecified atom stereocenters. The highest BCUT2D eigenvalue weighted by molar-refractivity contribution is 6.31. The third-order valence-corrected chi connectivity index (χ3v) is 2.94. The zero-order valence-electron chi connectivity index (χ0n) is 11.0. The molecule has 0 bridgehead atoms. The van der Waals surface area contributed by atoms with E-state index in [0.29, 0.717) is 17.2 Å². The molecule has 0 fully saturated rings. The van der Waals surface area contributed by atoms with Gasteiger partial charge in [0.15, 0.2) is 5.78 Å². The van der Waals surface area contributed by atoms with E-state index in [1.165, 1.54) is 0 Å². The molecule has 0 heterocycles. The summed E-state index contributed by atoms with van der Waals surface area (Å²) in [6.45, 7) is 0.459. The van der Waals surface area contributed by atoms with Gasteiger partial charge in [0, 0.05) is 10.6 Å². The molecule has 2 nitrogen and oxygen atoms in total. The van der Waals surface area contributed by atoms with Crippen LogP contribution in [-0.4, -0.2) is 19.0 Å². The zero-order valence-corrected chi connectivity index (χ0v) is 11.7. The van der Waals surface area contributed by atoms with E-state index in [1.54, 1.807) is 24.3 Å². The molecule has 0 radical (unpaired) electrons. The molecule has 0 amide bonds. The highest BCUT2D eigenvalue weighted by Gasteiger charge is 2.05. The largest absolute Gasteiger partial charge is 0.369 e. The van der Waals surface area contributed by atoms with E-state index in [4.69, 9.17) is 16.3 Å². The molecule has 3 heteroatoms. The van der Waals surface area contributed by atoms with Crippen molar-refractivity contribution in [2.45, 2.75) is 0 Å². The molecule has 0 aromatic heterocycles. The first kappa shape index (κ1) is 14.5. The second-order valence-corrected chi connectivity index (χ2v) is 4.70. The van der Waals surface area contributed by atoms with Gasteiger partial charge in [-0.05, 0) is 17.7 Å². The Morgan fingerprint density at radius 3 is 2.65 bits per heavy atom. The monoisotopic (exact) mass is 286 g/mol. The highest BCUT2D eigenvalue weighted by Crippen LogP contribution is 2.11. The summed E-state index contributed by atoms with van der Waals surface area (Å²) in [6.07, 6.45) is 3.85. The van der Waals surface area contributed by atoms with E-state index in [9.17, 15) is 4.79 Å². The maximum absolute atomic E-state index is 11.8. The summed E-state index contributed by atoms with van der Waals surface area (Å²) in [4.78, 5) is 11.8. The minimum atomic E-state index is -0.0689. The van der Waals surface area contributed by atoms with Crippen LogP contribution in [0, 0.1) is 0 Å². The van der Waals surface area contributed by atoms with Crippen LogP contribution < -0.4 is 0 Å². The van der Waals surface area contributed by atoms with Crippen LogP contribution in [0.4, 0.5) is 0 Å². The van der Waals surface area contributed by atoms with Crippen LogP contribution in [0.5, 0.6) is 0 Å². The lowest BCUT2D eigenvalue weighted by atomic mass is 10.1. The molecule has 2 aromatic rings. The number of ether oxygens (including phenoxy) is 1. The third kappa shape index (κ3) is 4.65. The molecule has 0 saturated carbocycles. The van der Waals surface area contributed by atoms with E-state index in [1.807, 2.05) is 42.5 Å². The van der Waals surface area contributed by atoms with E-state index in [-0.39, 0.29) is 12.4 Å². The summed E-state index contributed by atoms with van der Waals surface area (Å²) in [5.41, 5.74) is 1.68. The summed E-state index contributed by atoms with van der Waals surface area (Å²) in [5.74, 6) is -0.0689. The normalized spacial score (nSPS) is 10.8. The lowest BCUT2D eigenvalue weighted by Gasteiger charge is -2.01. The molecule has 0 saturated heterocycles. The van der Waals surface area contributed by atoms with Gasteiger partial charge in [-0.2, -0.15) is 0 Å². The first-order valence-corrected chi connectivity index (χ1v) is 6.71. The molecule has 2 aromatic carbocycles. The van der Waals surface area contributed by atoms with Gasteiger partial charge < -0.3 is 4.74 Å². The summed E-state index contributed by atoms with van der Waals surface area (Å²) in [7, 11) is 0. The van der Waals surface area contributed by atoms with Crippen LogP contribution in [0.2, 0.25) is 5.02 Å². The quantitative estimate of drug-likeness (QED) is 0.586. The summed E-state index contributed by atoms with van der Waals surface area (Å²) in [5, 5.41) is 0.555. The van der Waals surface area contributed by atoms with Gasteiger partial charge in [-0.25, -0.2) is 0 Å². The number of carbonyl (C=O) groups is 1. The van der Waals surface area contributed by atoms with E-state index < -0.39 is 0 Å². The van der Waals surface area contributed by atoms with Crippen LogP contribution in [0.1, 0.15) is 15.9 Å². The number of Topliss-reactive ketones (excluding diaryl/α,β-unsaturated/α-hetero) is 1. The predicted octanol–water partition coefficient (Wildman–Crippen LogP) is 4.25. The van der Waals surface area contributed by atoms with Gasteiger partial charge >= 0.3 is 0 Å². The Bertz CT molecular complexity index is 591. The van der Waals surface area contributed by atoms with Crippen molar-refractivity contribution in [3.8, 4) is 0 Å².